The van der Waals surface area contributed by atoms with Crippen LogP contribution in [0.25, 0.3) is 0 Å². The third kappa shape index (κ3) is 20.8. The number of guanidine groups is 1. The second-order valence-corrected chi connectivity index (χ2v) is 11.7. The Balaban J connectivity index is 5.88. The highest BCUT2D eigenvalue weighted by Crippen LogP contribution is 2.07. The van der Waals surface area contributed by atoms with Crippen molar-refractivity contribution in [2.24, 2.45) is 22.2 Å². The number of carboxylic acids is 3. The highest BCUT2D eigenvalue weighted by molar-refractivity contribution is 7.98. The maximum atomic E-state index is 13.3. The van der Waals surface area contributed by atoms with Gasteiger partial charge in [-0.25, -0.2) is 4.79 Å². The van der Waals surface area contributed by atoms with E-state index in [1.807, 2.05) is 0 Å². The molecule has 0 unspecified atom stereocenters. The summed E-state index contributed by atoms with van der Waals surface area (Å²) in [6, 6.07) is -7.62. The molecular weight excluding hydrogens is 704 g/mol. The Bertz CT molecular complexity index is 1280. The average molecular weight is 751 g/mol. The van der Waals surface area contributed by atoms with Crippen LogP contribution in [0.15, 0.2) is 4.99 Å². The van der Waals surface area contributed by atoms with Crippen molar-refractivity contribution < 1.29 is 63.6 Å². The van der Waals surface area contributed by atoms with Gasteiger partial charge in [0.15, 0.2) is 5.96 Å². The minimum atomic E-state index is -1.88. The Morgan fingerprint density at radius 3 is 1.76 bits per heavy atom. The molecule has 0 spiro atoms. The van der Waals surface area contributed by atoms with E-state index in [1.165, 1.54) is 11.8 Å². The Morgan fingerprint density at radius 1 is 0.686 bits per heavy atom. The molecule has 23 nitrogen and oxygen atoms in total. The van der Waals surface area contributed by atoms with E-state index in [2.05, 4.69) is 36.9 Å². The SMILES string of the molecule is CSCC[C@H](NC(=O)[C@H](CCCN=C(N)N)NC(=O)[C@H](CC(=O)O)NC(=O)[C@H](CCC(=O)O)NC(=O)CNC(=O)CNC(=O)[C@@H](N)CO)C(=O)O. The molecule has 0 saturated heterocycles. The van der Waals surface area contributed by atoms with Crippen LogP contribution < -0.4 is 49.1 Å². The molecule has 0 rings (SSSR count). The fraction of sp³-hybridized carbons (Fsp3) is 0.630. The van der Waals surface area contributed by atoms with Crippen LogP contribution in [0.5, 0.6) is 0 Å². The Morgan fingerprint density at radius 2 is 1.24 bits per heavy atom. The third-order valence-corrected chi connectivity index (χ3v) is 7.16. The molecule has 0 aromatic rings. The summed E-state index contributed by atoms with van der Waals surface area (Å²) in [7, 11) is 0. The molecule has 16 N–H and O–H groups in total. The van der Waals surface area contributed by atoms with E-state index in [0.29, 0.717) is 5.75 Å². The highest BCUT2D eigenvalue weighted by atomic mass is 32.2. The molecule has 51 heavy (non-hydrogen) atoms. The van der Waals surface area contributed by atoms with Crippen LogP contribution in [-0.2, 0) is 43.2 Å². The first-order valence-electron chi connectivity index (χ1n) is 15.2. The number of carbonyl (C=O) groups is 9. The maximum absolute atomic E-state index is 13.3. The number of nitrogens with one attached hydrogen (secondary N) is 6. The molecule has 0 aromatic carbocycles. The lowest BCUT2D eigenvalue weighted by Crippen LogP contribution is -2.58. The normalized spacial score (nSPS) is 13.5. The van der Waals surface area contributed by atoms with Crippen molar-refractivity contribution in [3.8, 4) is 0 Å². The number of rotatable bonds is 26. The first kappa shape index (κ1) is 45.8. The molecule has 0 radical (unpaired) electrons. The molecule has 5 atom stereocenters. The van der Waals surface area contributed by atoms with E-state index in [-0.39, 0.29) is 31.8 Å². The standard InChI is InChI=1S/C27H46N10O13S/c1-51-8-6-16(26(49)50)36-23(46)14(3-2-7-31-27(29)30)35-25(48)17(9-21(43)44)37-24(47)15(4-5-20(41)42)34-19(40)11-32-18(39)10-33-22(45)13(28)12-38/h13-17,38H,2-12,28H2,1H3,(H,32,39)(H,33,45)(H,34,40)(H,35,48)(H,36,46)(H,37,47)(H,41,42)(H,43,44)(H,49,50)(H4,29,30,31)/t13-,14-,15-,16-,17-/m0/s1. The van der Waals surface area contributed by atoms with Gasteiger partial charge >= 0.3 is 17.9 Å². The molecule has 0 aliphatic carbocycles. The molecule has 0 fully saturated rings. The number of aliphatic hydroxyl groups excluding tert-OH is 1. The van der Waals surface area contributed by atoms with Crippen molar-refractivity contribution in [2.45, 2.75) is 68.7 Å². The van der Waals surface area contributed by atoms with E-state index in [4.69, 9.17) is 27.4 Å². The van der Waals surface area contributed by atoms with Crippen LogP contribution in [-0.4, -0.2) is 148 Å². The fourth-order valence-corrected chi connectivity index (χ4v) is 4.34. The Labute approximate surface area is 295 Å². The molecule has 0 aromatic heterocycles. The molecule has 0 aliphatic heterocycles. The third-order valence-electron chi connectivity index (χ3n) is 6.52. The van der Waals surface area contributed by atoms with E-state index in [0.717, 1.165) is 0 Å². The number of carboxylic acid groups (broad SMARTS) is 3. The van der Waals surface area contributed by atoms with Gasteiger partial charge in [0.1, 0.15) is 30.2 Å². The van der Waals surface area contributed by atoms with Gasteiger partial charge in [-0.2, -0.15) is 11.8 Å². The zero-order valence-electron chi connectivity index (χ0n) is 27.7. The lowest BCUT2D eigenvalue weighted by molar-refractivity contribution is -0.143. The largest absolute Gasteiger partial charge is 0.481 e. The van der Waals surface area contributed by atoms with Crippen LogP contribution in [0.2, 0.25) is 0 Å². The summed E-state index contributed by atoms with van der Waals surface area (Å²) in [5, 5.41) is 50.0. The number of aliphatic imine (C=N–C) groups is 1. The summed E-state index contributed by atoms with van der Waals surface area (Å²) in [6.45, 7) is -2.07. The van der Waals surface area contributed by atoms with Crippen LogP contribution in [0.1, 0.15) is 38.5 Å². The van der Waals surface area contributed by atoms with Gasteiger partial charge in [0, 0.05) is 13.0 Å². The fourth-order valence-electron chi connectivity index (χ4n) is 3.87. The maximum Gasteiger partial charge on any atom is 0.326 e. The molecule has 6 amide bonds. The number of hydrogen-bond acceptors (Lipinski definition) is 13. The molecule has 0 saturated carbocycles. The number of aliphatic carboxylic acids is 3. The molecule has 0 heterocycles. The quantitative estimate of drug-likeness (QED) is 0.0222. The van der Waals surface area contributed by atoms with Crippen molar-refractivity contribution in [2.75, 3.05) is 38.2 Å². The predicted molar refractivity (Wildman–Crippen MR) is 178 cm³/mol. The van der Waals surface area contributed by atoms with Crippen LogP contribution in [0.4, 0.5) is 0 Å². The van der Waals surface area contributed by atoms with E-state index >= 15 is 0 Å². The van der Waals surface area contributed by atoms with Crippen LogP contribution in [0.3, 0.4) is 0 Å². The van der Waals surface area contributed by atoms with Gasteiger partial charge in [0.05, 0.1) is 26.1 Å². The Hall–Kier alpha value is -5.23. The topological polar surface area (TPSA) is 397 Å². The summed E-state index contributed by atoms with van der Waals surface area (Å²) in [4.78, 5) is 114. The van der Waals surface area contributed by atoms with Gasteiger partial charge in [-0.1, -0.05) is 0 Å². The first-order valence-corrected chi connectivity index (χ1v) is 16.6. The van der Waals surface area contributed by atoms with Gasteiger partial charge in [0.25, 0.3) is 0 Å². The highest BCUT2D eigenvalue weighted by Gasteiger charge is 2.32. The van der Waals surface area contributed by atoms with Gasteiger partial charge in [-0.3, -0.25) is 43.3 Å². The Kier molecular flexibility index (Phi) is 22.3. The summed E-state index contributed by atoms with van der Waals surface area (Å²) in [5.41, 5.74) is 15.9. The van der Waals surface area contributed by atoms with Crippen LogP contribution >= 0.6 is 11.8 Å². The van der Waals surface area contributed by atoms with Gasteiger partial charge < -0.3 is 69.5 Å². The van der Waals surface area contributed by atoms with E-state index in [1.54, 1.807) is 6.26 Å². The molecule has 0 aliphatic rings. The summed E-state index contributed by atoms with van der Waals surface area (Å²) in [5.74, 6) is -10.2. The molecule has 288 valence electrons. The minimum absolute atomic E-state index is 0.00400. The second kappa shape index (κ2) is 24.8. The monoisotopic (exact) mass is 750 g/mol. The van der Waals surface area contributed by atoms with Crippen molar-refractivity contribution in [1.82, 2.24) is 31.9 Å². The second-order valence-electron chi connectivity index (χ2n) is 10.7. The van der Waals surface area contributed by atoms with Gasteiger partial charge in [0.2, 0.25) is 35.4 Å². The number of carbonyl (C=O) groups excluding carboxylic acids is 6. The van der Waals surface area contributed by atoms with E-state index in [9.17, 15) is 53.4 Å². The first-order chi connectivity index (χ1) is 23.9. The van der Waals surface area contributed by atoms with Crippen molar-refractivity contribution in [3.63, 3.8) is 0 Å². The minimum Gasteiger partial charge on any atom is -0.481 e. The number of aliphatic hydroxyl groups is 1. The number of amides is 6. The lowest BCUT2D eigenvalue weighted by atomic mass is 10.1. The molecular formula is C27H46N10O13S. The van der Waals surface area contributed by atoms with Crippen molar-refractivity contribution >= 4 is 71.1 Å². The number of hydrogen-bond donors (Lipinski definition) is 13. The molecule has 0 bridgehead atoms. The van der Waals surface area contributed by atoms with E-state index < -0.39 is 123 Å². The number of nitrogens with two attached hydrogens (primary N) is 3. The lowest BCUT2D eigenvalue weighted by Gasteiger charge is -2.25. The summed E-state index contributed by atoms with van der Waals surface area (Å²) < 4.78 is 0. The van der Waals surface area contributed by atoms with Crippen molar-refractivity contribution in [3.05, 3.63) is 0 Å². The zero-order chi connectivity index (χ0) is 39.1. The smallest absolute Gasteiger partial charge is 0.326 e. The predicted octanol–water partition coefficient (Wildman–Crippen LogP) is -6.29. The summed E-state index contributed by atoms with van der Waals surface area (Å²) >= 11 is 1.33. The van der Waals surface area contributed by atoms with Crippen molar-refractivity contribution in [1.29, 1.82) is 0 Å². The van der Waals surface area contributed by atoms with Gasteiger partial charge in [-0.05, 0) is 37.7 Å². The number of thioether (sulfide) groups is 1. The number of nitrogens with zero attached hydrogens (tertiary/aromatic N) is 1. The zero-order valence-corrected chi connectivity index (χ0v) is 28.5. The average Bonchev–Trinajstić information content (AvgIpc) is 3.05. The van der Waals surface area contributed by atoms with Crippen LogP contribution in [0, 0.1) is 0 Å². The van der Waals surface area contributed by atoms with Gasteiger partial charge in [-0.15, -0.1) is 0 Å². The summed E-state index contributed by atoms with van der Waals surface area (Å²) in [6.07, 6.45) is -0.543. The molecule has 24 heteroatoms.